The Morgan fingerprint density at radius 1 is 1.53 bits per heavy atom. The summed E-state index contributed by atoms with van der Waals surface area (Å²) >= 11 is 1.79. The molecule has 0 aromatic carbocycles. The lowest BCUT2D eigenvalue weighted by Gasteiger charge is -2.45. The number of likely N-dealkylation sites (N-methyl/N-ethyl adjacent to an activating group) is 1. The Morgan fingerprint density at radius 2 is 2.32 bits per heavy atom. The molecule has 1 heterocycles. The second-order valence-corrected chi connectivity index (χ2v) is 7.59. The van der Waals surface area contributed by atoms with Gasteiger partial charge in [0.15, 0.2) is 0 Å². The Morgan fingerprint density at radius 3 is 2.89 bits per heavy atom. The van der Waals surface area contributed by atoms with Gasteiger partial charge < -0.3 is 10.2 Å². The van der Waals surface area contributed by atoms with Crippen LogP contribution in [0.2, 0.25) is 0 Å². The molecule has 1 aromatic heterocycles. The van der Waals surface area contributed by atoms with E-state index in [1.807, 2.05) is 6.20 Å². The maximum Gasteiger partial charge on any atom is 0.0897 e. The minimum absolute atomic E-state index is 0.345. The number of rotatable bonds is 5. The molecule has 2 unspecified atom stereocenters. The molecule has 2 rings (SSSR count). The first kappa shape index (κ1) is 14.9. The van der Waals surface area contributed by atoms with Crippen molar-refractivity contribution in [1.29, 1.82) is 0 Å². The number of aromatic nitrogens is 1. The van der Waals surface area contributed by atoms with E-state index in [1.54, 1.807) is 11.3 Å². The van der Waals surface area contributed by atoms with E-state index in [9.17, 15) is 0 Å². The van der Waals surface area contributed by atoms with E-state index in [0.29, 0.717) is 5.54 Å². The molecule has 1 N–H and O–H groups in total. The zero-order valence-electron chi connectivity index (χ0n) is 12.7. The van der Waals surface area contributed by atoms with Gasteiger partial charge in [0.2, 0.25) is 0 Å². The van der Waals surface area contributed by atoms with Gasteiger partial charge in [-0.2, -0.15) is 0 Å². The Balaban J connectivity index is 1.90. The standard InChI is InChI=1S/C15H27N3S/c1-12-6-5-7-15(8-12,18(3)4)11-16-9-14-10-17-13(2)19-14/h10,12,16H,5-9,11H2,1-4H3. The number of nitrogens with zero attached hydrogens (tertiary/aromatic N) is 2. The van der Waals surface area contributed by atoms with Crippen LogP contribution in [0.5, 0.6) is 0 Å². The van der Waals surface area contributed by atoms with E-state index < -0.39 is 0 Å². The predicted molar refractivity (Wildman–Crippen MR) is 82.6 cm³/mol. The van der Waals surface area contributed by atoms with Crippen molar-refractivity contribution in [2.75, 3.05) is 20.6 Å². The molecule has 0 spiro atoms. The Bertz CT molecular complexity index is 402. The van der Waals surface area contributed by atoms with Crippen LogP contribution in [-0.2, 0) is 6.54 Å². The highest BCUT2D eigenvalue weighted by Gasteiger charge is 2.36. The van der Waals surface area contributed by atoms with E-state index >= 15 is 0 Å². The molecule has 4 heteroatoms. The number of nitrogens with one attached hydrogen (secondary N) is 1. The zero-order chi connectivity index (χ0) is 13.9. The van der Waals surface area contributed by atoms with E-state index in [2.05, 4.69) is 43.1 Å². The highest BCUT2D eigenvalue weighted by atomic mass is 32.1. The average molecular weight is 281 g/mol. The van der Waals surface area contributed by atoms with Gasteiger partial charge >= 0.3 is 0 Å². The molecular weight excluding hydrogens is 254 g/mol. The minimum atomic E-state index is 0.345. The van der Waals surface area contributed by atoms with Crippen LogP contribution >= 0.6 is 11.3 Å². The van der Waals surface area contributed by atoms with Gasteiger partial charge in [-0.15, -0.1) is 11.3 Å². The largest absolute Gasteiger partial charge is 0.310 e. The van der Waals surface area contributed by atoms with Crippen molar-refractivity contribution < 1.29 is 0 Å². The second-order valence-electron chi connectivity index (χ2n) is 6.27. The molecule has 0 bridgehead atoms. The van der Waals surface area contributed by atoms with Gasteiger partial charge in [0, 0.05) is 29.7 Å². The summed E-state index contributed by atoms with van der Waals surface area (Å²) < 4.78 is 0. The molecule has 0 aliphatic heterocycles. The summed E-state index contributed by atoms with van der Waals surface area (Å²) in [5.74, 6) is 0.851. The van der Waals surface area contributed by atoms with Gasteiger partial charge in [0.05, 0.1) is 5.01 Å². The van der Waals surface area contributed by atoms with Crippen LogP contribution in [0.25, 0.3) is 0 Å². The van der Waals surface area contributed by atoms with Crippen molar-refractivity contribution in [3.05, 3.63) is 16.1 Å². The molecule has 1 saturated carbocycles. The van der Waals surface area contributed by atoms with Crippen LogP contribution in [0.4, 0.5) is 0 Å². The van der Waals surface area contributed by atoms with E-state index in [0.717, 1.165) is 24.0 Å². The molecule has 0 radical (unpaired) electrons. The van der Waals surface area contributed by atoms with Crippen LogP contribution in [0, 0.1) is 12.8 Å². The van der Waals surface area contributed by atoms with Crippen molar-refractivity contribution in [2.45, 2.75) is 51.6 Å². The fraction of sp³-hybridized carbons (Fsp3) is 0.800. The lowest BCUT2D eigenvalue weighted by Crippen LogP contribution is -2.54. The van der Waals surface area contributed by atoms with E-state index in [-0.39, 0.29) is 0 Å². The molecule has 19 heavy (non-hydrogen) atoms. The lowest BCUT2D eigenvalue weighted by molar-refractivity contribution is 0.0750. The van der Waals surface area contributed by atoms with Gasteiger partial charge in [-0.25, -0.2) is 4.98 Å². The SMILES string of the molecule is Cc1ncc(CNCC2(N(C)C)CCCC(C)C2)s1. The third-order valence-corrected chi connectivity index (χ3v) is 5.35. The molecule has 3 nitrogen and oxygen atoms in total. The zero-order valence-corrected chi connectivity index (χ0v) is 13.5. The predicted octanol–water partition coefficient (Wildman–Crippen LogP) is 3.05. The summed E-state index contributed by atoms with van der Waals surface area (Å²) in [5.41, 5.74) is 0.345. The summed E-state index contributed by atoms with van der Waals surface area (Å²) in [6.45, 7) is 6.50. The van der Waals surface area contributed by atoms with Gasteiger partial charge in [0.1, 0.15) is 0 Å². The van der Waals surface area contributed by atoms with Crippen LogP contribution < -0.4 is 5.32 Å². The summed E-state index contributed by atoms with van der Waals surface area (Å²) in [5, 5.41) is 4.81. The number of hydrogen-bond acceptors (Lipinski definition) is 4. The van der Waals surface area contributed by atoms with Gasteiger partial charge in [-0.1, -0.05) is 19.8 Å². The van der Waals surface area contributed by atoms with Gasteiger partial charge in [-0.3, -0.25) is 0 Å². The summed E-state index contributed by atoms with van der Waals surface area (Å²) in [4.78, 5) is 8.10. The fourth-order valence-corrected chi connectivity index (χ4v) is 4.03. The van der Waals surface area contributed by atoms with Crippen LogP contribution in [0.3, 0.4) is 0 Å². The lowest BCUT2D eigenvalue weighted by atomic mass is 9.75. The molecule has 1 aliphatic rings. The smallest absolute Gasteiger partial charge is 0.0897 e. The summed E-state index contributed by atoms with van der Waals surface area (Å²) in [6.07, 6.45) is 7.39. The summed E-state index contributed by atoms with van der Waals surface area (Å²) in [6, 6.07) is 0. The maximum absolute atomic E-state index is 4.31. The number of hydrogen-bond donors (Lipinski definition) is 1. The van der Waals surface area contributed by atoms with Crippen LogP contribution in [-0.4, -0.2) is 36.1 Å². The maximum atomic E-state index is 4.31. The number of thiazole rings is 1. The Hall–Kier alpha value is -0.450. The van der Waals surface area contributed by atoms with Crippen molar-refractivity contribution in [3.63, 3.8) is 0 Å². The van der Waals surface area contributed by atoms with Crippen LogP contribution in [0.15, 0.2) is 6.20 Å². The average Bonchev–Trinajstić information content (AvgIpc) is 2.75. The summed E-state index contributed by atoms with van der Waals surface area (Å²) in [7, 11) is 4.47. The van der Waals surface area contributed by atoms with Crippen molar-refractivity contribution in [3.8, 4) is 0 Å². The fourth-order valence-electron chi connectivity index (χ4n) is 3.26. The molecule has 0 saturated heterocycles. The van der Waals surface area contributed by atoms with Gasteiger partial charge in [0.25, 0.3) is 0 Å². The van der Waals surface area contributed by atoms with Crippen LogP contribution in [0.1, 0.15) is 42.5 Å². The Labute approximate surface area is 121 Å². The Kier molecular flexibility index (Phi) is 4.98. The quantitative estimate of drug-likeness (QED) is 0.899. The third kappa shape index (κ3) is 3.77. The number of aryl methyl sites for hydroxylation is 1. The molecule has 2 atom stereocenters. The molecule has 1 fully saturated rings. The minimum Gasteiger partial charge on any atom is -0.310 e. The normalized spacial score (nSPS) is 27.9. The van der Waals surface area contributed by atoms with Crippen molar-refractivity contribution >= 4 is 11.3 Å². The molecule has 1 aliphatic carbocycles. The second kappa shape index (κ2) is 6.33. The molecule has 1 aromatic rings. The highest BCUT2D eigenvalue weighted by molar-refractivity contribution is 7.11. The monoisotopic (exact) mass is 281 g/mol. The van der Waals surface area contributed by atoms with E-state index in [1.165, 1.54) is 30.6 Å². The topological polar surface area (TPSA) is 28.2 Å². The molecular formula is C15H27N3S. The first-order valence-corrected chi connectivity index (χ1v) is 8.13. The highest BCUT2D eigenvalue weighted by Crippen LogP contribution is 2.35. The first-order chi connectivity index (χ1) is 9.02. The molecule has 0 amide bonds. The van der Waals surface area contributed by atoms with Gasteiger partial charge in [-0.05, 0) is 39.8 Å². The van der Waals surface area contributed by atoms with Crippen molar-refractivity contribution in [2.24, 2.45) is 5.92 Å². The first-order valence-electron chi connectivity index (χ1n) is 7.31. The van der Waals surface area contributed by atoms with Crippen molar-refractivity contribution in [1.82, 2.24) is 15.2 Å². The molecule has 108 valence electrons. The van der Waals surface area contributed by atoms with E-state index in [4.69, 9.17) is 0 Å². The third-order valence-electron chi connectivity index (χ3n) is 4.44.